The lowest BCUT2D eigenvalue weighted by Gasteiger charge is -2.27. The van der Waals surface area contributed by atoms with Crippen molar-refractivity contribution in [3.8, 4) is 5.88 Å². The van der Waals surface area contributed by atoms with E-state index in [0.717, 1.165) is 38.5 Å². The lowest BCUT2D eigenvalue weighted by atomic mass is 10.1. The first-order chi connectivity index (χ1) is 12.7. The molecule has 1 aliphatic heterocycles. The van der Waals surface area contributed by atoms with Crippen molar-refractivity contribution < 1.29 is 9.47 Å². The molecular weight excluding hydrogens is 348 g/mol. The van der Waals surface area contributed by atoms with Gasteiger partial charge in [-0.25, -0.2) is 4.98 Å². The molecule has 2 aromatic rings. The monoisotopic (exact) mass is 372 g/mol. The number of anilines is 1. The van der Waals surface area contributed by atoms with E-state index >= 15 is 0 Å². The summed E-state index contributed by atoms with van der Waals surface area (Å²) < 4.78 is 10.5. The lowest BCUT2D eigenvalue weighted by molar-refractivity contribution is 0.0341. The van der Waals surface area contributed by atoms with Crippen LogP contribution in [0.25, 0.3) is 0 Å². The largest absolute Gasteiger partial charge is 0.481 e. The Labute approximate surface area is 159 Å². The number of hydrogen-bond donors (Lipinski definition) is 2. The van der Waals surface area contributed by atoms with Gasteiger partial charge in [0.25, 0.3) is 0 Å². The maximum Gasteiger partial charge on any atom is 0.213 e. The molecule has 0 saturated carbocycles. The smallest absolute Gasteiger partial charge is 0.213 e. The minimum Gasteiger partial charge on any atom is -0.481 e. The van der Waals surface area contributed by atoms with E-state index in [-0.39, 0.29) is 0 Å². The molecule has 0 aliphatic carbocycles. The second-order valence-corrected chi connectivity index (χ2v) is 6.46. The fraction of sp³-hybridized carbons (Fsp3) is 0.368. The Balaban J connectivity index is 1.54. The van der Waals surface area contributed by atoms with Gasteiger partial charge >= 0.3 is 0 Å². The predicted molar refractivity (Wildman–Crippen MR) is 106 cm³/mol. The van der Waals surface area contributed by atoms with E-state index in [4.69, 9.17) is 21.7 Å². The highest BCUT2D eigenvalue weighted by Gasteiger charge is 2.12. The molecule has 0 bridgehead atoms. The van der Waals surface area contributed by atoms with Crippen LogP contribution in [0, 0.1) is 0 Å². The SMILES string of the molecule is COc1ccc(NC(=S)NCc2ccccc2CN2CCOCC2)cn1. The third-order valence-electron chi connectivity index (χ3n) is 4.26. The van der Waals surface area contributed by atoms with Crippen molar-refractivity contribution in [1.82, 2.24) is 15.2 Å². The molecule has 1 fully saturated rings. The number of nitrogens with one attached hydrogen (secondary N) is 2. The first kappa shape index (κ1) is 18.6. The van der Waals surface area contributed by atoms with E-state index in [0.29, 0.717) is 17.5 Å². The van der Waals surface area contributed by atoms with Gasteiger partial charge in [0.1, 0.15) is 0 Å². The quantitative estimate of drug-likeness (QED) is 0.755. The highest BCUT2D eigenvalue weighted by molar-refractivity contribution is 7.80. The highest BCUT2D eigenvalue weighted by atomic mass is 32.1. The zero-order valence-electron chi connectivity index (χ0n) is 14.9. The summed E-state index contributed by atoms with van der Waals surface area (Å²) in [7, 11) is 1.59. The highest BCUT2D eigenvalue weighted by Crippen LogP contribution is 2.14. The number of benzene rings is 1. The maximum atomic E-state index is 5.43. The Morgan fingerprint density at radius 3 is 2.65 bits per heavy atom. The van der Waals surface area contributed by atoms with Gasteiger partial charge in [0.05, 0.1) is 32.2 Å². The van der Waals surface area contributed by atoms with Gasteiger partial charge in [0.15, 0.2) is 5.11 Å². The molecule has 138 valence electrons. The molecule has 1 saturated heterocycles. The molecule has 1 aromatic heterocycles. The van der Waals surface area contributed by atoms with Crippen LogP contribution in [0.4, 0.5) is 5.69 Å². The Hall–Kier alpha value is -2.22. The summed E-state index contributed by atoms with van der Waals surface area (Å²) in [5, 5.41) is 6.98. The van der Waals surface area contributed by atoms with Gasteiger partial charge in [-0.1, -0.05) is 24.3 Å². The van der Waals surface area contributed by atoms with Gasteiger partial charge in [0.2, 0.25) is 5.88 Å². The van der Waals surface area contributed by atoms with Crippen LogP contribution in [0.1, 0.15) is 11.1 Å². The summed E-state index contributed by atoms with van der Waals surface area (Å²) in [6, 6.07) is 12.1. The number of morpholine rings is 1. The van der Waals surface area contributed by atoms with Crippen LogP contribution in [0.2, 0.25) is 0 Å². The number of thiocarbonyl (C=S) groups is 1. The molecule has 0 unspecified atom stereocenters. The summed E-state index contributed by atoms with van der Waals surface area (Å²) in [6.07, 6.45) is 1.69. The Bertz CT molecular complexity index is 718. The molecule has 1 aliphatic rings. The molecule has 0 spiro atoms. The second-order valence-electron chi connectivity index (χ2n) is 6.05. The summed E-state index contributed by atoms with van der Waals surface area (Å²) in [5.74, 6) is 0.575. The van der Waals surface area contributed by atoms with Crippen LogP contribution in [0.15, 0.2) is 42.6 Å². The number of pyridine rings is 1. The average Bonchev–Trinajstić information content (AvgIpc) is 2.69. The summed E-state index contributed by atoms with van der Waals surface area (Å²) >= 11 is 5.39. The molecule has 0 radical (unpaired) electrons. The first-order valence-electron chi connectivity index (χ1n) is 8.66. The number of methoxy groups -OCH3 is 1. The topological polar surface area (TPSA) is 58.7 Å². The Morgan fingerprint density at radius 2 is 1.96 bits per heavy atom. The summed E-state index contributed by atoms with van der Waals surface area (Å²) in [6.45, 7) is 5.19. The Kier molecular flexibility index (Phi) is 6.76. The predicted octanol–water partition coefficient (Wildman–Crippen LogP) is 2.41. The summed E-state index contributed by atoms with van der Waals surface area (Å²) in [4.78, 5) is 6.58. The van der Waals surface area contributed by atoms with Crippen LogP contribution in [0.5, 0.6) is 5.88 Å². The van der Waals surface area contributed by atoms with Crippen LogP contribution < -0.4 is 15.4 Å². The van der Waals surface area contributed by atoms with Crippen LogP contribution >= 0.6 is 12.2 Å². The molecule has 0 atom stereocenters. The fourth-order valence-electron chi connectivity index (χ4n) is 2.81. The minimum atomic E-state index is 0.568. The number of aromatic nitrogens is 1. The van der Waals surface area contributed by atoms with E-state index in [9.17, 15) is 0 Å². The molecule has 1 aromatic carbocycles. The minimum absolute atomic E-state index is 0.568. The number of ether oxygens (including phenoxy) is 2. The van der Waals surface area contributed by atoms with Gasteiger partial charge in [-0.15, -0.1) is 0 Å². The van der Waals surface area contributed by atoms with Gasteiger partial charge in [-0.3, -0.25) is 4.90 Å². The van der Waals surface area contributed by atoms with Gasteiger partial charge in [-0.05, 0) is 29.4 Å². The molecular formula is C19H24N4O2S. The van der Waals surface area contributed by atoms with Crippen molar-refractivity contribution >= 4 is 23.0 Å². The van der Waals surface area contributed by atoms with Crippen molar-refractivity contribution in [1.29, 1.82) is 0 Å². The third kappa shape index (κ3) is 5.39. The second kappa shape index (κ2) is 9.47. The standard InChI is InChI=1S/C19H24N4O2S/c1-24-18-7-6-17(13-20-18)22-19(26)21-12-15-4-2-3-5-16(15)14-23-8-10-25-11-9-23/h2-7,13H,8-12,14H2,1H3,(H2,21,22,26). The van der Waals surface area contributed by atoms with E-state index in [1.165, 1.54) is 11.1 Å². The zero-order chi connectivity index (χ0) is 18.2. The lowest BCUT2D eigenvalue weighted by Crippen LogP contribution is -2.36. The van der Waals surface area contributed by atoms with Crippen molar-refractivity contribution in [2.45, 2.75) is 13.1 Å². The van der Waals surface area contributed by atoms with E-state index < -0.39 is 0 Å². The van der Waals surface area contributed by atoms with Gasteiger partial charge < -0.3 is 20.1 Å². The number of hydrogen-bond acceptors (Lipinski definition) is 5. The number of nitrogens with zero attached hydrogens (tertiary/aromatic N) is 2. The van der Waals surface area contributed by atoms with Crippen molar-refractivity contribution in [2.75, 3.05) is 38.7 Å². The molecule has 26 heavy (non-hydrogen) atoms. The van der Waals surface area contributed by atoms with E-state index in [2.05, 4.69) is 44.8 Å². The molecule has 7 heteroatoms. The average molecular weight is 372 g/mol. The molecule has 3 rings (SSSR count). The van der Waals surface area contributed by atoms with Crippen molar-refractivity contribution in [2.24, 2.45) is 0 Å². The molecule has 0 amide bonds. The van der Waals surface area contributed by atoms with Crippen LogP contribution in [-0.4, -0.2) is 48.4 Å². The van der Waals surface area contributed by atoms with Gasteiger partial charge in [0, 0.05) is 32.2 Å². The van der Waals surface area contributed by atoms with Crippen LogP contribution in [0.3, 0.4) is 0 Å². The maximum absolute atomic E-state index is 5.43. The summed E-state index contributed by atoms with van der Waals surface area (Å²) in [5.41, 5.74) is 3.39. The molecule has 2 N–H and O–H groups in total. The van der Waals surface area contributed by atoms with Crippen LogP contribution in [-0.2, 0) is 17.8 Å². The van der Waals surface area contributed by atoms with Gasteiger partial charge in [-0.2, -0.15) is 0 Å². The molecule has 6 nitrogen and oxygen atoms in total. The van der Waals surface area contributed by atoms with Crippen molar-refractivity contribution in [3.05, 3.63) is 53.7 Å². The Morgan fingerprint density at radius 1 is 1.19 bits per heavy atom. The molecule has 2 heterocycles. The first-order valence-corrected chi connectivity index (χ1v) is 9.07. The third-order valence-corrected chi connectivity index (χ3v) is 4.51. The fourth-order valence-corrected chi connectivity index (χ4v) is 3.00. The van der Waals surface area contributed by atoms with Crippen molar-refractivity contribution in [3.63, 3.8) is 0 Å². The van der Waals surface area contributed by atoms with E-state index in [1.807, 2.05) is 6.07 Å². The van der Waals surface area contributed by atoms with E-state index in [1.54, 1.807) is 19.4 Å². The normalized spacial score (nSPS) is 14.7. The number of rotatable bonds is 6. The zero-order valence-corrected chi connectivity index (χ0v) is 15.7.